The fourth-order valence-electron chi connectivity index (χ4n) is 2.58. The van der Waals surface area contributed by atoms with Crippen molar-refractivity contribution in [2.24, 2.45) is 0 Å². The molecule has 2 atom stereocenters. The van der Waals surface area contributed by atoms with Gasteiger partial charge in [-0.05, 0) is 38.0 Å². The minimum atomic E-state index is -0.602. The molecule has 2 rings (SSSR count). The van der Waals surface area contributed by atoms with Crippen LogP contribution in [0.2, 0.25) is 0 Å². The maximum atomic E-state index is 12.2. The number of nitrogens with zero attached hydrogens (tertiary/aromatic N) is 3. The van der Waals surface area contributed by atoms with Crippen molar-refractivity contribution in [3.05, 3.63) is 42.2 Å². The number of hydrogen-bond acceptors (Lipinski definition) is 4. The SMILES string of the molecule is CCCC(C)(CO)NC(=O)NC(C)c1ccc(-n2ccnn2)cc1. The summed E-state index contributed by atoms with van der Waals surface area (Å²) in [4.78, 5) is 12.2. The van der Waals surface area contributed by atoms with E-state index in [1.54, 1.807) is 17.1 Å². The molecular weight excluding hydrogens is 306 g/mol. The van der Waals surface area contributed by atoms with Crippen LogP contribution in [0.4, 0.5) is 4.79 Å². The van der Waals surface area contributed by atoms with Gasteiger partial charge in [0.25, 0.3) is 0 Å². The zero-order chi connectivity index (χ0) is 17.6. The Balaban J connectivity index is 1.96. The van der Waals surface area contributed by atoms with Crippen molar-refractivity contribution in [2.45, 2.75) is 45.2 Å². The molecule has 0 fully saturated rings. The van der Waals surface area contributed by atoms with Crippen molar-refractivity contribution in [2.75, 3.05) is 6.61 Å². The van der Waals surface area contributed by atoms with Crippen LogP contribution in [0.15, 0.2) is 36.7 Å². The maximum absolute atomic E-state index is 12.2. The van der Waals surface area contributed by atoms with Gasteiger partial charge in [0.1, 0.15) is 0 Å². The summed E-state index contributed by atoms with van der Waals surface area (Å²) in [6, 6.07) is 7.30. The van der Waals surface area contributed by atoms with Crippen LogP contribution in [0.25, 0.3) is 5.69 Å². The van der Waals surface area contributed by atoms with Crippen LogP contribution in [0, 0.1) is 0 Å². The molecule has 3 N–H and O–H groups in total. The number of amides is 2. The van der Waals surface area contributed by atoms with E-state index in [-0.39, 0.29) is 18.7 Å². The molecule has 0 radical (unpaired) electrons. The molecule has 2 unspecified atom stereocenters. The van der Waals surface area contributed by atoms with E-state index in [0.717, 1.165) is 24.1 Å². The highest BCUT2D eigenvalue weighted by molar-refractivity contribution is 5.75. The van der Waals surface area contributed by atoms with Crippen LogP contribution < -0.4 is 10.6 Å². The van der Waals surface area contributed by atoms with Crippen molar-refractivity contribution in [1.82, 2.24) is 25.6 Å². The molecule has 0 bridgehead atoms. The predicted octanol–water partition coefficient (Wildman–Crippen LogP) is 2.18. The third-order valence-corrected chi connectivity index (χ3v) is 3.99. The first-order valence-corrected chi connectivity index (χ1v) is 8.13. The van der Waals surface area contributed by atoms with E-state index in [4.69, 9.17) is 0 Å². The van der Waals surface area contributed by atoms with Crippen LogP contribution in [0.1, 0.15) is 45.2 Å². The van der Waals surface area contributed by atoms with E-state index in [0.29, 0.717) is 0 Å². The maximum Gasteiger partial charge on any atom is 0.315 e. The number of rotatable bonds is 7. The Morgan fingerprint density at radius 1 is 1.38 bits per heavy atom. The van der Waals surface area contributed by atoms with Gasteiger partial charge in [-0.15, -0.1) is 5.10 Å². The second-order valence-corrected chi connectivity index (χ2v) is 6.23. The summed E-state index contributed by atoms with van der Waals surface area (Å²) < 4.78 is 1.67. The van der Waals surface area contributed by atoms with E-state index < -0.39 is 5.54 Å². The standard InChI is InChI=1S/C17H25N5O2/c1-4-9-17(3,12-23)20-16(24)19-13(2)14-5-7-15(8-6-14)22-11-10-18-21-22/h5-8,10-11,13,23H,4,9,12H2,1-3H3,(H2,19,20,24). The van der Waals surface area contributed by atoms with E-state index >= 15 is 0 Å². The molecule has 0 saturated carbocycles. The number of hydrogen-bond donors (Lipinski definition) is 3. The number of aromatic nitrogens is 3. The van der Waals surface area contributed by atoms with Crippen molar-refractivity contribution in [3.63, 3.8) is 0 Å². The predicted molar refractivity (Wildman–Crippen MR) is 91.8 cm³/mol. The molecule has 1 aromatic carbocycles. The monoisotopic (exact) mass is 331 g/mol. The molecule has 0 aliphatic heterocycles. The molecule has 0 aliphatic rings. The lowest BCUT2D eigenvalue weighted by atomic mass is 9.97. The molecule has 0 spiro atoms. The highest BCUT2D eigenvalue weighted by Crippen LogP contribution is 2.16. The van der Waals surface area contributed by atoms with Gasteiger partial charge in [-0.2, -0.15) is 0 Å². The van der Waals surface area contributed by atoms with Gasteiger partial charge in [0.05, 0.1) is 36.3 Å². The molecule has 24 heavy (non-hydrogen) atoms. The van der Waals surface area contributed by atoms with Crippen LogP contribution in [0.5, 0.6) is 0 Å². The molecule has 2 aromatic rings. The lowest BCUT2D eigenvalue weighted by Crippen LogP contribution is -2.52. The summed E-state index contributed by atoms with van der Waals surface area (Å²) in [6.45, 7) is 5.69. The van der Waals surface area contributed by atoms with E-state index in [9.17, 15) is 9.90 Å². The van der Waals surface area contributed by atoms with E-state index in [1.165, 1.54) is 0 Å². The third kappa shape index (κ3) is 4.55. The first kappa shape index (κ1) is 17.9. The summed E-state index contributed by atoms with van der Waals surface area (Å²) >= 11 is 0. The number of benzene rings is 1. The minimum absolute atomic E-state index is 0.0881. The van der Waals surface area contributed by atoms with Crippen LogP contribution in [-0.2, 0) is 0 Å². The second-order valence-electron chi connectivity index (χ2n) is 6.23. The zero-order valence-corrected chi connectivity index (χ0v) is 14.4. The molecule has 130 valence electrons. The number of aliphatic hydroxyl groups is 1. The van der Waals surface area contributed by atoms with Gasteiger partial charge in [-0.3, -0.25) is 0 Å². The topological polar surface area (TPSA) is 92.1 Å². The third-order valence-electron chi connectivity index (χ3n) is 3.99. The Morgan fingerprint density at radius 2 is 2.08 bits per heavy atom. The fourth-order valence-corrected chi connectivity index (χ4v) is 2.58. The van der Waals surface area contributed by atoms with Crippen molar-refractivity contribution in [1.29, 1.82) is 0 Å². The summed E-state index contributed by atoms with van der Waals surface area (Å²) in [5, 5.41) is 23.0. The average molecular weight is 331 g/mol. The second kappa shape index (κ2) is 7.92. The molecule has 7 heteroatoms. The molecule has 7 nitrogen and oxygen atoms in total. The molecule has 1 heterocycles. The minimum Gasteiger partial charge on any atom is -0.394 e. The van der Waals surface area contributed by atoms with Gasteiger partial charge in [0, 0.05) is 0 Å². The highest BCUT2D eigenvalue weighted by atomic mass is 16.3. The Kier molecular flexibility index (Phi) is 5.92. The van der Waals surface area contributed by atoms with Crippen LogP contribution in [-0.4, -0.2) is 38.3 Å². The molecule has 2 amide bonds. The quantitative estimate of drug-likeness (QED) is 0.725. The van der Waals surface area contributed by atoms with Gasteiger partial charge in [0.15, 0.2) is 0 Å². The average Bonchev–Trinajstić information content (AvgIpc) is 3.09. The van der Waals surface area contributed by atoms with Crippen LogP contribution in [0.3, 0.4) is 0 Å². The lowest BCUT2D eigenvalue weighted by molar-refractivity contribution is 0.162. The van der Waals surface area contributed by atoms with Crippen molar-refractivity contribution >= 4 is 6.03 Å². The summed E-state index contributed by atoms with van der Waals surface area (Å²) in [5.74, 6) is 0. The van der Waals surface area contributed by atoms with Gasteiger partial charge < -0.3 is 15.7 Å². The number of aliphatic hydroxyl groups excluding tert-OH is 1. The Morgan fingerprint density at radius 3 is 2.62 bits per heavy atom. The van der Waals surface area contributed by atoms with Crippen LogP contribution >= 0.6 is 0 Å². The molecule has 0 aliphatic carbocycles. The Hall–Kier alpha value is -2.41. The Bertz CT molecular complexity index is 642. The van der Waals surface area contributed by atoms with Crippen molar-refractivity contribution in [3.8, 4) is 5.69 Å². The molecular formula is C17H25N5O2. The molecule has 1 aromatic heterocycles. The summed E-state index contributed by atoms with van der Waals surface area (Å²) in [5.41, 5.74) is 1.29. The molecule has 0 saturated heterocycles. The number of carbonyl (C=O) groups is 1. The normalized spacial score (nSPS) is 14.7. The first-order chi connectivity index (χ1) is 11.5. The zero-order valence-electron chi connectivity index (χ0n) is 14.4. The number of carbonyl (C=O) groups excluding carboxylic acids is 1. The fraction of sp³-hybridized carbons (Fsp3) is 0.471. The van der Waals surface area contributed by atoms with Gasteiger partial charge in [-0.25, -0.2) is 9.48 Å². The Labute approximate surface area is 142 Å². The van der Waals surface area contributed by atoms with Crippen molar-refractivity contribution < 1.29 is 9.90 Å². The van der Waals surface area contributed by atoms with E-state index in [1.807, 2.05) is 45.0 Å². The number of nitrogens with one attached hydrogen (secondary N) is 2. The largest absolute Gasteiger partial charge is 0.394 e. The smallest absolute Gasteiger partial charge is 0.315 e. The lowest BCUT2D eigenvalue weighted by Gasteiger charge is -2.29. The van der Waals surface area contributed by atoms with Gasteiger partial charge in [0.2, 0.25) is 0 Å². The summed E-state index contributed by atoms with van der Waals surface area (Å²) in [6.07, 6.45) is 5.00. The first-order valence-electron chi connectivity index (χ1n) is 8.13. The van der Waals surface area contributed by atoms with Gasteiger partial charge >= 0.3 is 6.03 Å². The summed E-state index contributed by atoms with van der Waals surface area (Å²) in [7, 11) is 0. The number of urea groups is 1. The highest BCUT2D eigenvalue weighted by Gasteiger charge is 2.25. The van der Waals surface area contributed by atoms with E-state index in [2.05, 4.69) is 20.9 Å². The van der Waals surface area contributed by atoms with Gasteiger partial charge in [-0.1, -0.05) is 30.7 Å².